The molecule has 12 heavy (non-hydrogen) atoms. The highest BCUT2D eigenvalue weighted by Gasteiger charge is 2.07. The Morgan fingerprint density at radius 3 is 3.00 bits per heavy atom. The molecule has 0 aliphatic heterocycles. The van der Waals surface area contributed by atoms with Gasteiger partial charge in [-0.15, -0.1) is 0 Å². The van der Waals surface area contributed by atoms with Gasteiger partial charge in [0.1, 0.15) is 11.5 Å². The van der Waals surface area contributed by atoms with Crippen molar-refractivity contribution in [1.29, 1.82) is 0 Å². The molecule has 3 N–H and O–H groups in total. The summed E-state index contributed by atoms with van der Waals surface area (Å²) in [6, 6.07) is 0. The molecular weight excluding hydrogens is 290 g/mol. The number of aromatic nitrogens is 3. The van der Waals surface area contributed by atoms with Crippen LogP contribution in [-0.4, -0.2) is 15.0 Å². The van der Waals surface area contributed by atoms with Crippen LogP contribution in [0.25, 0.3) is 11.0 Å². The Balaban J connectivity index is 2.93. The van der Waals surface area contributed by atoms with E-state index in [-0.39, 0.29) is 5.28 Å². The summed E-state index contributed by atoms with van der Waals surface area (Å²) in [5.74, 6) is 0.413. The van der Waals surface area contributed by atoms with E-state index in [2.05, 4.69) is 37.5 Å². The third-order valence-electron chi connectivity index (χ3n) is 1.48. The summed E-state index contributed by atoms with van der Waals surface area (Å²) in [5.41, 5.74) is 6.32. The van der Waals surface area contributed by atoms with Gasteiger partial charge in [-0.25, -0.2) is 4.98 Å². The maximum absolute atomic E-state index is 5.64. The van der Waals surface area contributed by atoms with Crippen molar-refractivity contribution < 1.29 is 0 Å². The Morgan fingerprint density at radius 1 is 1.50 bits per heavy atom. The molecular formula is C6H4ClIN4. The molecule has 0 amide bonds. The number of hydrogen-bond acceptors (Lipinski definition) is 3. The highest BCUT2D eigenvalue weighted by Crippen LogP contribution is 2.23. The molecule has 6 heteroatoms. The second-order valence-electron chi connectivity index (χ2n) is 2.24. The molecule has 0 aliphatic carbocycles. The molecule has 2 rings (SSSR count). The van der Waals surface area contributed by atoms with Crippen LogP contribution >= 0.6 is 34.2 Å². The monoisotopic (exact) mass is 294 g/mol. The summed E-state index contributed by atoms with van der Waals surface area (Å²) in [4.78, 5) is 10.8. The SMILES string of the molecule is Nc1nc(Cl)nc2[nH]cc(I)c12. The maximum Gasteiger partial charge on any atom is 0.226 e. The van der Waals surface area contributed by atoms with Crippen LogP contribution in [0.15, 0.2) is 6.20 Å². The fourth-order valence-corrected chi connectivity index (χ4v) is 1.86. The molecule has 0 aliphatic rings. The lowest BCUT2D eigenvalue weighted by Crippen LogP contribution is -1.94. The molecule has 0 unspecified atom stereocenters. The van der Waals surface area contributed by atoms with Crippen molar-refractivity contribution in [2.24, 2.45) is 0 Å². The molecule has 0 atom stereocenters. The van der Waals surface area contributed by atoms with E-state index >= 15 is 0 Å². The second kappa shape index (κ2) is 2.74. The van der Waals surface area contributed by atoms with Gasteiger partial charge in [0.15, 0.2) is 0 Å². The topological polar surface area (TPSA) is 67.6 Å². The predicted molar refractivity (Wildman–Crippen MR) is 56.0 cm³/mol. The van der Waals surface area contributed by atoms with E-state index in [0.717, 1.165) is 8.96 Å². The number of aromatic amines is 1. The van der Waals surface area contributed by atoms with E-state index in [0.29, 0.717) is 11.5 Å². The Hall–Kier alpha value is -0.560. The number of halogens is 2. The van der Waals surface area contributed by atoms with Crippen molar-refractivity contribution in [3.63, 3.8) is 0 Å². The van der Waals surface area contributed by atoms with E-state index < -0.39 is 0 Å². The largest absolute Gasteiger partial charge is 0.383 e. The summed E-state index contributed by atoms with van der Waals surface area (Å²) in [6.07, 6.45) is 1.81. The third-order valence-corrected chi connectivity index (χ3v) is 2.50. The lowest BCUT2D eigenvalue weighted by Gasteiger charge is -1.95. The minimum absolute atomic E-state index is 0.165. The number of anilines is 1. The molecule has 0 fully saturated rings. The Labute approximate surface area is 86.7 Å². The smallest absolute Gasteiger partial charge is 0.226 e. The Morgan fingerprint density at radius 2 is 2.25 bits per heavy atom. The Bertz CT molecular complexity index is 438. The summed E-state index contributed by atoms with van der Waals surface area (Å²) in [7, 11) is 0. The van der Waals surface area contributed by atoms with E-state index in [4.69, 9.17) is 17.3 Å². The van der Waals surface area contributed by atoms with Crippen LogP contribution < -0.4 is 5.73 Å². The zero-order chi connectivity index (χ0) is 8.72. The zero-order valence-electron chi connectivity index (χ0n) is 5.81. The lowest BCUT2D eigenvalue weighted by molar-refractivity contribution is 1.21. The number of rotatable bonds is 0. The van der Waals surface area contributed by atoms with Crippen molar-refractivity contribution in [3.05, 3.63) is 15.1 Å². The van der Waals surface area contributed by atoms with Gasteiger partial charge in [-0.05, 0) is 34.2 Å². The number of nitrogens with two attached hydrogens (primary N) is 1. The molecule has 0 radical (unpaired) electrons. The first-order valence-electron chi connectivity index (χ1n) is 3.14. The molecule has 0 saturated heterocycles. The van der Waals surface area contributed by atoms with E-state index in [1.807, 2.05) is 6.20 Å². The predicted octanol–water partition coefficient (Wildman–Crippen LogP) is 1.80. The molecule has 0 bridgehead atoms. The molecule has 62 valence electrons. The first kappa shape index (κ1) is 8.06. The van der Waals surface area contributed by atoms with Crippen molar-refractivity contribution in [2.75, 3.05) is 5.73 Å². The molecule has 2 aromatic rings. The van der Waals surface area contributed by atoms with Crippen molar-refractivity contribution in [2.45, 2.75) is 0 Å². The second-order valence-corrected chi connectivity index (χ2v) is 3.74. The van der Waals surface area contributed by atoms with Crippen molar-refractivity contribution >= 4 is 51.0 Å². The summed E-state index contributed by atoms with van der Waals surface area (Å²) >= 11 is 7.76. The summed E-state index contributed by atoms with van der Waals surface area (Å²) in [5, 5.41) is 0.998. The highest BCUT2D eigenvalue weighted by molar-refractivity contribution is 14.1. The summed E-state index contributed by atoms with van der Waals surface area (Å²) < 4.78 is 0.997. The van der Waals surface area contributed by atoms with Crippen LogP contribution in [0, 0.1) is 3.57 Å². The van der Waals surface area contributed by atoms with Crippen LogP contribution in [0.5, 0.6) is 0 Å². The average molecular weight is 294 g/mol. The average Bonchev–Trinajstić information content (AvgIpc) is 2.31. The normalized spacial score (nSPS) is 10.8. The number of nitrogens with zero attached hydrogens (tertiary/aromatic N) is 2. The van der Waals surface area contributed by atoms with Gasteiger partial charge in [0.25, 0.3) is 0 Å². The van der Waals surface area contributed by atoms with E-state index in [9.17, 15) is 0 Å². The summed E-state index contributed by atoms with van der Waals surface area (Å²) in [6.45, 7) is 0. The van der Waals surface area contributed by atoms with Gasteiger partial charge in [-0.2, -0.15) is 4.98 Å². The zero-order valence-corrected chi connectivity index (χ0v) is 8.72. The fourth-order valence-electron chi connectivity index (χ4n) is 0.994. The van der Waals surface area contributed by atoms with Gasteiger partial charge in [0.05, 0.1) is 5.39 Å². The first-order chi connectivity index (χ1) is 5.68. The minimum atomic E-state index is 0.165. The molecule has 2 heterocycles. The van der Waals surface area contributed by atoms with Crippen molar-refractivity contribution in [3.8, 4) is 0 Å². The van der Waals surface area contributed by atoms with Crippen LogP contribution in [-0.2, 0) is 0 Å². The van der Waals surface area contributed by atoms with Crippen LogP contribution in [0.3, 0.4) is 0 Å². The van der Waals surface area contributed by atoms with Gasteiger partial charge < -0.3 is 10.7 Å². The highest BCUT2D eigenvalue weighted by atomic mass is 127. The molecule has 0 aromatic carbocycles. The molecule has 0 saturated carbocycles. The van der Waals surface area contributed by atoms with Gasteiger partial charge in [0, 0.05) is 9.77 Å². The fraction of sp³-hybridized carbons (Fsp3) is 0. The van der Waals surface area contributed by atoms with Crippen molar-refractivity contribution in [1.82, 2.24) is 15.0 Å². The van der Waals surface area contributed by atoms with Gasteiger partial charge in [-0.1, -0.05) is 0 Å². The first-order valence-corrected chi connectivity index (χ1v) is 4.60. The lowest BCUT2D eigenvalue weighted by atomic mass is 10.4. The van der Waals surface area contributed by atoms with Gasteiger partial charge in [0.2, 0.25) is 5.28 Å². The molecule has 0 spiro atoms. The van der Waals surface area contributed by atoms with Crippen LogP contribution in [0.2, 0.25) is 5.28 Å². The third kappa shape index (κ3) is 1.13. The van der Waals surface area contributed by atoms with Crippen LogP contribution in [0.1, 0.15) is 0 Å². The number of fused-ring (bicyclic) bond motifs is 1. The van der Waals surface area contributed by atoms with Gasteiger partial charge in [-0.3, -0.25) is 0 Å². The van der Waals surface area contributed by atoms with Gasteiger partial charge >= 0.3 is 0 Å². The quantitative estimate of drug-likeness (QED) is 0.575. The number of nitrogens with one attached hydrogen (secondary N) is 1. The van der Waals surface area contributed by atoms with E-state index in [1.54, 1.807) is 0 Å². The minimum Gasteiger partial charge on any atom is -0.383 e. The number of hydrogen-bond donors (Lipinski definition) is 2. The molecule has 2 aromatic heterocycles. The standard InChI is InChI=1S/C6H4ClIN4/c7-6-11-4(9)3-2(8)1-10-5(3)12-6/h1H,(H3,9,10,11,12). The molecule has 4 nitrogen and oxygen atoms in total. The van der Waals surface area contributed by atoms with E-state index in [1.165, 1.54) is 0 Å². The number of nitrogen functional groups attached to an aromatic ring is 1. The maximum atomic E-state index is 5.64. The Kier molecular flexibility index (Phi) is 1.84. The van der Waals surface area contributed by atoms with Crippen LogP contribution in [0.4, 0.5) is 5.82 Å². The number of H-pyrrole nitrogens is 1.